The Balaban J connectivity index is 1.51. The lowest BCUT2D eigenvalue weighted by molar-refractivity contribution is -0.121. The smallest absolute Gasteiger partial charge is 0.274 e. The summed E-state index contributed by atoms with van der Waals surface area (Å²) in [5, 5.41) is 4.04. The van der Waals surface area contributed by atoms with Crippen molar-refractivity contribution in [2.75, 3.05) is 0 Å². The van der Waals surface area contributed by atoms with Gasteiger partial charge in [-0.05, 0) is 31.2 Å². The zero-order valence-corrected chi connectivity index (χ0v) is 16.1. The summed E-state index contributed by atoms with van der Waals surface area (Å²) in [4.78, 5) is 29.2. The lowest BCUT2D eigenvalue weighted by atomic mass is 10.3. The zero-order valence-electron chi connectivity index (χ0n) is 16.1. The number of hydrogen-bond donors (Lipinski definition) is 1. The third kappa shape index (κ3) is 3.47. The van der Waals surface area contributed by atoms with Gasteiger partial charge in [-0.1, -0.05) is 30.3 Å². The predicted molar refractivity (Wildman–Crippen MR) is 111 cm³/mol. The highest BCUT2D eigenvalue weighted by atomic mass is 16.2. The van der Waals surface area contributed by atoms with Crippen molar-refractivity contribution in [3.8, 4) is 5.69 Å². The van der Waals surface area contributed by atoms with E-state index >= 15 is 0 Å². The van der Waals surface area contributed by atoms with Gasteiger partial charge in [-0.15, -0.1) is 0 Å². The van der Waals surface area contributed by atoms with Crippen LogP contribution in [0.2, 0.25) is 0 Å². The molecule has 4 rings (SSSR count). The number of benzene rings is 2. The van der Waals surface area contributed by atoms with E-state index in [-0.39, 0.29) is 18.0 Å². The molecule has 4 aromatic rings. The molecule has 1 N–H and O–H groups in total. The Morgan fingerprint density at radius 3 is 2.66 bits per heavy atom. The number of amides is 1. The van der Waals surface area contributed by atoms with Gasteiger partial charge in [-0.3, -0.25) is 14.3 Å². The van der Waals surface area contributed by atoms with Crippen molar-refractivity contribution in [3.63, 3.8) is 0 Å². The summed E-state index contributed by atoms with van der Waals surface area (Å²) in [6.45, 7) is 1.84. The highest BCUT2D eigenvalue weighted by molar-refractivity contribution is 5.83. The number of hydrogen-bond acceptors (Lipinski definition) is 4. The molecule has 146 valence electrons. The van der Waals surface area contributed by atoms with Crippen molar-refractivity contribution in [1.82, 2.24) is 24.3 Å². The molecule has 2 heterocycles. The first-order chi connectivity index (χ1) is 14.1. The number of hydrazone groups is 1. The number of carbonyl (C=O) groups is 1. The maximum absolute atomic E-state index is 12.6. The average Bonchev–Trinajstić information content (AvgIpc) is 3.23. The highest BCUT2D eigenvalue weighted by Gasteiger charge is 2.14. The molecule has 0 unspecified atom stereocenters. The first kappa shape index (κ1) is 18.4. The van der Waals surface area contributed by atoms with Crippen LogP contribution in [0.1, 0.15) is 11.3 Å². The third-order valence-corrected chi connectivity index (χ3v) is 4.76. The molecule has 8 heteroatoms. The summed E-state index contributed by atoms with van der Waals surface area (Å²) < 4.78 is 5.04. The SMILES string of the molecule is Cc1c(/C=N\NC(=O)Cn2cnc3ccccc32)n(C)n(-c2ccccc2)c1=O. The average molecular weight is 388 g/mol. The van der Waals surface area contributed by atoms with E-state index in [0.29, 0.717) is 11.3 Å². The predicted octanol–water partition coefficient (Wildman–Crippen LogP) is 1.98. The van der Waals surface area contributed by atoms with Crippen LogP contribution in [0, 0.1) is 6.92 Å². The zero-order chi connectivity index (χ0) is 20.4. The standard InChI is InChI=1S/C21H20N6O2/c1-15-19(25(2)27(21(15)29)16-8-4-3-5-9-16)12-23-24-20(28)13-26-14-22-17-10-6-7-11-18(17)26/h3-12,14H,13H2,1-2H3,(H,24,28)/b23-12-. The Labute approximate surface area is 166 Å². The Bertz CT molecular complexity index is 1260. The summed E-state index contributed by atoms with van der Waals surface area (Å²) in [7, 11) is 1.78. The monoisotopic (exact) mass is 388 g/mol. The number of imidazole rings is 1. The molecule has 29 heavy (non-hydrogen) atoms. The number of nitrogens with zero attached hydrogens (tertiary/aromatic N) is 5. The quantitative estimate of drug-likeness (QED) is 0.419. The van der Waals surface area contributed by atoms with E-state index in [0.717, 1.165) is 16.7 Å². The van der Waals surface area contributed by atoms with Crippen LogP contribution in [0.3, 0.4) is 0 Å². The summed E-state index contributed by atoms with van der Waals surface area (Å²) in [5.41, 5.74) is 6.03. The number of rotatable bonds is 5. The molecule has 0 atom stereocenters. The van der Waals surface area contributed by atoms with Crippen molar-refractivity contribution >= 4 is 23.2 Å². The topological polar surface area (TPSA) is 86.2 Å². The largest absolute Gasteiger partial charge is 0.321 e. The fourth-order valence-corrected chi connectivity index (χ4v) is 3.29. The summed E-state index contributed by atoms with van der Waals surface area (Å²) in [6, 6.07) is 17.0. The summed E-state index contributed by atoms with van der Waals surface area (Å²) >= 11 is 0. The minimum absolute atomic E-state index is 0.0980. The minimum atomic E-state index is -0.283. The van der Waals surface area contributed by atoms with Crippen molar-refractivity contribution in [3.05, 3.63) is 82.5 Å². The molecule has 0 radical (unpaired) electrons. The van der Waals surface area contributed by atoms with Gasteiger partial charge >= 0.3 is 0 Å². The van der Waals surface area contributed by atoms with Crippen LogP contribution in [0.5, 0.6) is 0 Å². The molecular formula is C21H20N6O2. The van der Waals surface area contributed by atoms with Crippen LogP contribution in [-0.4, -0.2) is 31.0 Å². The van der Waals surface area contributed by atoms with Gasteiger partial charge in [0.15, 0.2) is 0 Å². The first-order valence-electron chi connectivity index (χ1n) is 9.12. The molecule has 0 bridgehead atoms. The van der Waals surface area contributed by atoms with Crippen LogP contribution in [0.25, 0.3) is 16.7 Å². The molecule has 0 aliphatic carbocycles. The van der Waals surface area contributed by atoms with Crippen LogP contribution in [0.4, 0.5) is 0 Å². The van der Waals surface area contributed by atoms with Crippen LogP contribution in [-0.2, 0) is 18.4 Å². The van der Waals surface area contributed by atoms with E-state index in [9.17, 15) is 9.59 Å². The number of carbonyl (C=O) groups excluding carboxylic acids is 1. The van der Waals surface area contributed by atoms with Crippen molar-refractivity contribution < 1.29 is 4.79 Å². The van der Waals surface area contributed by atoms with Gasteiger partial charge in [-0.2, -0.15) is 5.10 Å². The van der Waals surface area contributed by atoms with E-state index in [1.54, 1.807) is 34.2 Å². The first-order valence-corrected chi connectivity index (χ1v) is 9.12. The summed E-state index contributed by atoms with van der Waals surface area (Å²) in [6.07, 6.45) is 3.11. The van der Waals surface area contributed by atoms with Crippen molar-refractivity contribution in [2.45, 2.75) is 13.5 Å². The fourth-order valence-electron chi connectivity index (χ4n) is 3.29. The fraction of sp³-hybridized carbons (Fsp3) is 0.143. The normalized spacial score (nSPS) is 11.4. The van der Waals surface area contributed by atoms with Gasteiger partial charge in [0.25, 0.3) is 11.5 Å². The Morgan fingerprint density at radius 1 is 1.14 bits per heavy atom. The molecule has 0 aliphatic heterocycles. The van der Waals surface area contributed by atoms with E-state index in [4.69, 9.17) is 0 Å². The van der Waals surface area contributed by atoms with E-state index in [1.165, 1.54) is 6.21 Å². The van der Waals surface area contributed by atoms with Crippen molar-refractivity contribution in [1.29, 1.82) is 0 Å². The third-order valence-electron chi connectivity index (χ3n) is 4.76. The Kier molecular flexibility index (Phi) is 4.82. The van der Waals surface area contributed by atoms with Gasteiger partial charge in [-0.25, -0.2) is 15.1 Å². The molecular weight excluding hydrogens is 368 g/mol. The Morgan fingerprint density at radius 2 is 1.86 bits per heavy atom. The maximum atomic E-state index is 12.6. The number of aromatic nitrogens is 4. The molecule has 0 saturated heterocycles. The molecule has 2 aromatic carbocycles. The minimum Gasteiger partial charge on any atom is -0.321 e. The lowest BCUT2D eigenvalue weighted by Gasteiger charge is -2.08. The van der Waals surface area contributed by atoms with Crippen LogP contribution >= 0.6 is 0 Å². The molecule has 1 amide bonds. The maximum Gasteiger partial charge on any atom is 0.274 e. The van der Waals surface area contributed by atoms with Gasteiger partial charge < -0.3 is 4.57 Å². The number of fused-ring (bicyclic) bond motifs is 1. The van der Waals surface area contributed by atoms with E-state index < -0.39 is 0 Å². The van der Waals surface area contributed by atoms with Crippen LogP contribution < -0.4 is 11.0 Å². The molecule has 8 nitrogen and oxygen atoms in total. The second-order valence-corrected chi connectivity index (χ2v) is 6.64. The molecule has 0 aliphatic rings. The van der Waals surface area contributed by atoms with Gasteiger partial charge in [0.1, 0.15) is 6.54 Å². The van der Waals surface area contributed by atoms with Crippen molar-refractivity contribution in [2.24, 2.45) is 12.1 Å². The molecule has 2 aromatic heterocycles. The van der Waals surface area contributed by atoms with Gasteiger partial charge in [0.2, 0.25) is 0 Å². The molecule has 0 fully saturated rings. The summed E-state index contributed by atoms with van der Waals surface area (Å²) in [5.74, 6) is -0.283. The van der Waals surface area contributed by atoms with E-state index in [2.05, 4.69) is 15.5 Å². The highest BCUT2D eigenvalue weighted by Crippen LogP contribution is 2.11. The van der Waals surface area contributed by atoms with Gasteiger partial charge in [0.05, 0.1) is 35.0 Å². The Hall–Kier alpha value is -3.94. The second-order valence-electron chi connectivity index (χ2n) is 6.64. The van der Waals surface area contributed by atoms with Gasteiger partial charge in [0, 0.05) is 12.6 Å². The second kappa shape index (κ2) is 7.59. The number of nitrogens with one attached hydrogen (secondary N) is 1. The lowest BCUT2D eigenvalue weighted by Crippen LogP contribution is -2.23. The molecule has 0 spiro atoms. The van der Waals surface area contributed by atoms with E-state index in [1.807, 2.05) is 54.6 Å². The van der Waals surface area contributed by atoms with Crippen LogP contribution in [0.15, 0.2) is 70.8 Å². The molecule has 0 saturated carbocycles. The number of para-hydroxylation sites is 3.